The first-order valence-electron chi connectivity index (χ1n) is 8.78. The summed E-state index contributed by atoms with van der Waals surface area (Å²) in [4.78, 5) is 49.3. The maximum Gasteiger partial charge on any atom is 0.332 e. The van der Waals surface area contributed by atoms with E-state index < -0.39 is 29.9 Å². The van der Waals surface area contributed by atoms with Gasteiger partial charge in [0.15, 0.2) is 6.04 Å². The van der Waals surface area contributed by atoms with E-state index in [1.54, 1.807) is 42.5 Å². The molecule has 1 atom stereocenters. The Morgan fingerprint density at radius 2 is 1.59 bits per heavy atom. The molecule has 0 aromatic heterocycles. The number of hydrogen-bond acceptors (Lipinski definition) is 5. The van der Waals surface area contributed by atoms with Crippen molar-refractivity contribution in [3.63, 3.8) is 0 Å². The van der Waals surface area contributed by atoms with Crippen molar-refractivity contribution >= 4 is 30.0 Å². The number of carbonyl (C=O) groups excluding carboxylic acids is 3. The summed E-state index contributed by atoms with van der Waals surface area (Å²) in [7, 11) is 0. The molecule has 1 aliphatic rings. The van der Waals surface area contributed by atoms with Gasteiger partial charge in [-0.2, -0.15) is 5.10 Å². The van der Waals surface area contributed by atoms with Crippen LogP contribution in [-0.4, -0.2) is 58.1 Å². The van der Waals surface area contributed by atoms with Gasteiger partial charge in [0, 0.05) is 0 Å². The lowest BCUT2D eigenvalue weighted by atomic mass is 10.1. The van der Waals surface area contributed by atoms with Crippen molar-refractivity contribution in [1.82, 2.24) is 15.2 Å². The third kappa shape index (κ3) is 4.64. The lowest BCUT2D eigenvalue weighted by molar-refractivity contribution is -0.153. The molecule has 1 saturated heterocycles. The molecule has 1 aliphatic heterocycles. The fourth-order valence-electron chi connectivity index (χ4n) is 2.74. The third-order valence-electron chi connectivity index (χ3n) is 4.24. The molecule has 0 saturated carbocycles. The molecule has 0 aliphatic carbocycles. The van der Waals surface area contributed by atoms with Crippen LogP contribution < -0.4 is 5.32 Å². The molecule has 2 aromatic carbocycles. The number of urea groups is 1. The molecule has 9 nitrogen and oxygen atoms in total. The highest BCUT2D eigenvalue weighted by Crippen LogP contribution is 2.14. The number of hydrazone groups is 1. The van der Waals surface area contributed by atoms with Crippen LogP contribution in [0, 0.1) is 0 Å². The molecule has 3 rings (SSSR count). The highest BCUT2D eigenvalue weighted by atomic mass is 16.4. The van der Waals surface area contributed by atoms with Gasteiger partial charge in [-0.1, -0.05) is 60.7 Å². The Balaban J connectivity index is 1.67. The van der Waals surface area contributed by atoms with Crippen molar-refractivity contribution in [3.05, 3.63) is 71.8 Å². The van der Waals surface area contributed by atoms with Gasteiger partial charge in [0.1, 0.15) is 0 Å². The van der Waals surface area contributed by atoms with Gasteiger partial charge in [0.2, 0.25) is 0 Å². The van der Waals surface area contributed by atoms with Crippen molar-refractivity contribution in [2.75, 3.05) is 13.1 Å². The molecule has 0 bridgehead atoms. The Bertz CT molecular complexity index is 946. The first-order valence-corrected chi connectivity index (χ1v) is 8.78. The SMILES string of the molecule is O=C(O)C(NC(=O)N1CCN(/N=C/c2ccccc2)C(=O)C1=O)c1ccccc1. The van der Waals surface area contributed by atoms with Gasteiger partial charge in [-0.25, -0.2) is 14.6 Å². The quantitative estimate of drug-likeness (QED) is 0.584. The highest BCUT2D eigenvalue weighted by molar-refractivity contribution is 6.38. The van der Waals surface area contributed by atoms with Crippen molar-refractivity contribution in [2.24, 2.45) is 5.10 Å². The Morgan fingerprint density at radius 1 is 0.966 bits per heavy atom. The summed E-state index contributed by atoms with van der Waals surface area (Å²) in [6, 6.07) is 14.8. The van der Waals surface area contributed by atoms with Crippen molar-refractivity contribution in [3.8, 4) is 0 Å². The second kappa shape index (κ2) is 8.79. The van der Waals surface area contributed by atoms with E-state index in [0.717, 1.165) is 10.6 Å². The number of hydrogen-bond donors (Lipinski definition) is 2. The smallest absolute Gasteiger partial charge is 0.332 e. The molecule has 1 heterocycles. The van der Waals surface area contributed by atoms with E-state index >= 15 is 0 Å². The van der Waals surface area contributed by atoms with Gasteiger partial charge in [0.05, 0.1) is 19.3 Å². The highest BCUT2D eigenvalue weighted by Gasteiger charge is 2.37. The number of piperazine rings is 1. The number of nitrogens with zero attached hydrogens (tertiary/aromatic N) is 3. The Kier molecular flexibility index (Phi) is 5.98. The summed E-state index contributed by atoms with van der Waals surface area (Å²) >= 11 is 0. The molecule has 4 amide bonds. The summed E-state index contributed by atoms with van der Waals surface area (Å²) in [6.45, 7) is -0.103. The average molecular weight is 394 g/mol. The normalized spacial score (nSPS) is 15.4. The number of aliphatic carboxylic acids is 1. The van der Waals surface area contributed by atoms with Crippen LogP contribution >= 0.6 is 0 Å². The molecule has 29 heavy (non-hydrogen) atoms. The minimum Gasteiger partial charge on any atom is -0.479 e. The second-order valence-electron chi connectivity index (χ2n) is 6.17. The number of nitrogens with one attached hydrogen (secondary N) is 1. The molecule has 1 unspecified atom stereocenters. The van der Waals surface area contributed by atoms with E-state index in [2.05, 4.69) is 10.4 Å². The Labute approximate surface area is 166 Å². The lowest BCUT2D eigenvalue weighted by Gasteiger charge is -2.30. The molecule has 0 radical (unpaired) electrons. The number of carboxylic acids is 1. The van der Waals surface area contributed by atoms with Crippen molar-refractivity contribution < 1.29 is 24.3 Å². The van der Waals surface area contributed by atoms with Crippen molar-refractivity contribution in [1.29, 1.82) is 0 Å². The molecule has 9 heteroatoms. The van der Waals surface area contributed by atoms with Crippen LogP contribution in [0.2, 0.25) is 0 Å². The van der Waals surface area contributed by atoms with Crippen LogP contribution in [0.25, 0.3) is 0 Å². The number of carboxylic acid groups (broad SMARTS) is 1. The zero-order valence-corrected chi connectivity index (χ0v) is 15.3. The fraction of sp³-hybridized carbons (Fsp3) is 0.150. The van der Waals surface area contributed by atoms with E-state index in [0.29, 0.717) is 10.5 Å². The minimum atomic E-state index is -1.35. The van der Waals surface area contributed by atoms with Crippen LogP contribution in [0.3, 0.4) is 0 Å². The lowest BCUT2D eigenvalue weighted by Crippen LogP contribution is -2.57. The molecule has 1 fully saturated rings. The summed E-state index contributed by atoms with van der Waals surface area (Å²) in [6.07, 6.45) is 1.44. The van der Waals surface area contributed by atoms with Gasteiger partial charge >= 0.3 is 23.8 Å². The first kappa shape index (κ1) is 19.7. The van der Waals surface area contributed by atoms with E-state index in [4.69, 9.17) is 0 Å². The summed E-state index contributed by atoms with van der Waals surface area (Å²) in [5.41, 5.74) is 1.10. The molecule has 148 valence electrons. The van der Waals surface area contributed by atoms with E-state index in [1.807, 2.05) is 18.2 Å². The summed E-state index contributed by atoms with van der Waals surface area (Å²) < 4.78 is 0. The largest absolute Gasteiger partial charge is 0.479 e. The first-order chi connectivity index (χ1) is 14.0. The Hall–Kier alpha value is -4.01. The maximum absolute atomic E-state index is 12.4. The zero-order valence-electron chi connectivity index (χ0n) is 15.3. The van der Waals surface area contributed by atoms with Crippen LogP contribution in [0.5, 0.6) is 0 Å². The van der Waals surface area contributed by atoms with E-state index in [9.17, 15) is 24.3 Å². The zero-order chi connectivity index (χ0) is 20.8. The number of amides is 4. The number of rotatable bonds is 5. The van der Waals surface area contributed by atoms with Gasteiger partial charge in [0.25, 0.3) is 0 Å². The van der Waals surface area contributed by atoms with Gasteiger partial charge < -0.3 is 10.4 Å². The maximum atomic E-state index is 12.4. The number of imide groups is 1. The van der Waals surface area contributed by atoms with E-state index in [-0.39, 0.29) is 13.1 Å². The standard InChI is InChI=1S/C20H18N4O5/c25-17-18(26)24(21-13-14-7-3-1-4-8-14)12-11-23(17)20(29)22-16(19(27)28)15-9-5-2-6-10-15/h1-10,13,16H,11-12H2,(H,22,29)(H,27,28)/b21-13+. The fourth-order valence-corrected chi connectivity index (χ4v) is 2.74. The monoisotopic (exact) mass is 394 g/mol. The Morgan fingerprint density at radius 3 is 2.21 bits per heavy atom. The molecule has 2 N–H and O–H groups in total. The topological polar surface area (TPSA) is 119 Å². The van der Waals surface area contributed by atoms with Crippen LogP contribution in [0.4, 0.5) is 4.79 Å². The number of carbonyl (C=O) groups is 4. The molecule has 2 aromatic rings. The molecular formula is C20H18N4O5. The minimum absolute atomic E-state index is 0.00437. The van der Waals surface area contributed by atoms with Gasteiger partial charge in [-0.15, -0.1) is 0 Å². The summed E-state index contributed by atoms with van der Waals surface area (Å²) in [5.74, 6) is -3.32. The van der Waals surface area contributed by atoms with Gasteiger partial charge in [-0.3, -0.25) is 14.5 Å². The van der Waals surface area contributed by atoms with Gasteiger partial charge in [-0.05, 0) is 11.1 Å². The predicted molar refractivity (Wildman–Crippen MR) is 103 cm³/mol. The van der Waals surface area contributed by atoms with Crippen molar-refractivity contribution in [2.45, 2.75) is 6.04 Å². The second-order valence-corrected chi connectivity index (χ2v) is 6.17. The van der Waals surface area contributed by atoms with E-state index in [1.165, 1.54) is 6.21 Å². The van der Waals surface area contributed by atoms with Crippen LogP contribution in [0.1, 0.15) is 17.2 Å². The van der Waals surface area contributed by atoms with Crippen LogP contribution in [0.15, 0.2) is 65.8 Å². The predicted octanol–water partition coefficient (Wildman–Crippen LogP) is 1.23. The van der Waals surface area contributed by atoms with Crippen LogP contribution in [-0.2, 0) is 14.4 Å². The molecular weight excluding hydrogens is 376 g/mol. The average Bonchev–Trinajstić information content (AvgIpc) is 2.74. The summed E-state index contributed by atoms with van der Waals surface area (Å²) in [5, 5.41) is 16.7. The third-order valence-corrected chi connectivity index (χ3v) is 4.24. The molecule has 0 spiro atoms. The number of benzene rings is 2.